The lowest BCUT2D eigenvalue weighted by Crippen LogP contribution is -2.45. The van der Waals surface area contributed by atoms with Gasteiger partial charge in [-0.25, -0.2) is 9.59 Å². The van der Waals surface area contributed by atoms with Gasteiger partial charge in [0.05, 0.1) is 16.8 Å². The summed E-state index contributed by atoms with van der Waals surface area (Å²) in [5, 5.41) is 3.98. The first-order chi connectivity index (χ1) is 24.7. The van der Waals surface area contributed by atoms with E-state index in [1.54, 1.807) is 65.6 Å². The van der Waals surface area contributed by atoms with Crippen LogP contribution in [0.25, 0.3) is 0 Å². The van der Waals surface area contributed by atoms with E-state index in [0.29, 0.717) is 27.0 Å². The highest BCUT2D eigenvalue weighted by Crippen LogP contribution is 2.34. The lowest BCUT2D eigenvalue weighted by molar-refractivity contribution is -0.138. The Balaban J connectivity index is 0.000000197. The summed E-state index contributed by atoms with van der Waals surface area (Å²) in [5.41, 5.74) is 1.19. The zero-order chi connectivity index (χ0) is 37.7. The Bertz CT molecular complexity index is 1790. The minimum atomic E-state index is -4.40. The number of isocyanates is 1. The highest BCUT2D eigenvalue weighted by atomic mass is 35.5. The summed E-state index contributed by atoms with van der Waals surface area (Å²) in [7, 11) is 0. The van der Waals surface area contributed by atoms with Gasteiger partial charge in [0.15, 0.2) is 0 Å². The second-order valence-electron chi connectivity index (χ2n) is 12.6. The number of hydrogen-bond acceptors (Lipinski definition) is 3. The van der Waals surface area contributed by atoms with Gasteiger partial charge in [-0.2, -0.15) is 31.3 Å². The Labute approximate surface area is 308 Å². The number of rotatable bonds is 8. The number of carbonyl (C=O) groups excluding carboxylic acids is 2. The van der Waals surface area contributed by atoms with Crippen molar-refractivity contribution in [3.05, 3.63) is 129 Å². The van der Waals surface area contributed by atoms with E-state index in [0.717, 1.165) is 61.8 Å². The summed E-state index contributed by atoms with van der Waals surface area (Å²) in [6, 6.07) is 23.8. The second kappa shape index (κ2) is 19.0. The molecule has 0 spiro atoms. The number of alkyl halides is 6. The smallest absolute Gasteiger partial charge is 0.317 e. The van der Waals surface area contributed by atoms with Crippen LogP contribution in [-0.2, 0) is 30.1 Å². The molecule has 0 radical (unpaired) electrons. The lowest BCUT2D eigenvalue weighted by Gasteiger charge is -2.37. The van der Waals surface area contributed by atoms with Crippen LogP contribution in [0.2, 0.25) is 10.0 Å². The van der Waals surface area contributed by atoms with Crippen molar-refractivity contribution in [3.63, 3.8) is 0 Å². The molecule has 4 aromatic rings. The SMILES string of the molecule is FC(F)(F)c1cccc(CCC2CCC2)c1.O=C(Nc1ccc(Cl)cc1)N(Cc1cccc(C(F)(F)F)c1)C1CCC1.O=C=Nc1ccc(Cl)cc1. The molecule has 0 aliphatic heterocycles. The van der Waals surface area contributed by atoms with Crippen LogP contribution in [0, 0.1) is 5.92 Å². The Hall–Kier alpha value is -4.31. The van der Waals surface area contributed by atoms with Crippen molar-refractivity contribution in [2.45, 2.75) is 76.3 Å². The first-order valence-electron chi connectivity index (χ1n) is 16.7. The average Bonchev–Trinajstić information content (AvgIpc) is 3.05. The summed E-state index contributed by atoms with van der Waals surface area (Å²) in [5.74, 6) is 0.745. The molecular formula is C39H37Cl2F6N3O2. The molecule has 6 rings (SSSR count). The maximum Gasteiger partial charge on any atom is 0.416 e. The first kappa shape index (κ1) is 40.5. The molecule has 2 aliphatic rings. The molecule has 13 heteroatoms. The quantitative estimate of drug-likeness (QED) is 0.110. The molecule has 2 fully saturated rings. The molecule has 0 heterocycles. The second-order valence-corrected chi connectivity index (χ2v) is 13.4. The van der Waals surface area contributed by atoms with E-state index in [-0.39, 0.29) is 18.6 Å². The van der Waals surface area contributed by atoms with E-state index >= 15 is 0 Å². The minimum Gasteiger partial charge on any atom is -0.317 e. The zero-order valence-electron chi connectivity index (χ0n) is 28.0. The van der Waals surface area contributed by atoms with Crippen molar-refractivity contribution >= 4 is 46.7 Å². The highest BCUT2D eigenvalue weighted by molar-refractivity contribution is 6.30. The topological polar surface area (TPSA) is 61.8 Å². The van der Waals surface area contributed by atoms with E-state index < -0.39 is 23.5 Å². The van der Waals surface area contributed by atoms with Crippen LogP contribution >= 0.6 is 23.2 Å². The molecule has 1 N–H and O–H groups in total. The van der Waals surface area contributed by atoms with Crippen LogP contribution in [0.4, 0.5) is 42.5 Å². The standard InChI is InChI=1S/C19H18ClF3N2O.C13H15F3.C7H4ClNO/c20-15-7-9-16(10-8-15)24-18(26)25(17-5-2-6-17)12-13-3-1-4-14(11-13)19(21,22)23;14-13(15,16)12-6-2-5-11(9-12)8-7-10-3-1-4-10;8-6-1-3-7(4-2-6)9-5-10/h1,3-4,7-11,17H,2,5-6,12H2,(H,24,26);2,5-6,9-10H,1,3-4,7-8H2;1-4H. The number of halogens is 8. The molecule has 2 saturated carbocycles. The molecule has 5 nitrogen and oxygen atoms in total. The van der Waals surface area contributed by atoms with Gasteiger partial charge in [0.25, 0.3) is 0 Å². The lowest BCUT2D eigenvalue weighted by atomic mass is 9.81. The predicted molar refractivity (Wildman–Crippen MR) is 191 cm³/mol. The summed E-state index contributed by atoms with van der Waals surface area (Å²) < 4.78 is 76.1. The summed E-state index contributed by atoms with van der Waals surface area (Å²) in [6.45, 7) is 0.133. The van der Waals surface area contributed by atoms with E-state index in [1.807, 2.05) is 0 Å². The Kier molecular flexibility index (Phi) is 14.8. The number of urea groups is 1. The Morgan fingerprint density at radius 3 is 1.75 bits per heavy atom. The van der Waals surface area contributed by atoms with Crippen LogP contribution in [-0.4, -0.2) is 23.1 Å². The molecule has 2 aliphatic carbocycles. The summed E-state index contributed by atoms with van der Waals surface area (Å²) in [6.07, 6.45) is 1.12. The molecule has 4 aromatic carbocycles. The first-order valence-corrected chi connectivity index (χ1v) is 17.5. The Morgan fingerprint density at radius 2 is 1.27 bits per heavy atom. The maximum absolute atomic E-state index is 12.9. The van der Waals surface area contributed by atoms with Gasteiger partial charge in [0.1, 0.15) is 0 Å². The highest BCUT2D eigenvalue weighted by Gasteiger charge is 2.33. The average molecular weight is 765 g/mol. The Morgan fingerprint density at radius 1 is 0.750 bits per heavy atom. The van der Waals surface area contributed by atoms with Gasteiger partial charge < -0.3 is 10.2 Å². The number of amides is 2. The molecule has 0 saturated heterocycles. The monoisotopic (exact) mass is 763 g/mol. The number of benzene rings is 4. The van der Waals surface area contributed by atoms with Gasteiger partial charge in [0.2, 0.25) is 6.08 Å². The molecule has 0 atom stereocenters. The number of aryl methyl sites for hydroxylation is 1. The number of carbonyl (C=O) groups is 1. The van der Waals surface area contributed by atoms with Gasteiger partial charge in [-0.05, 0) is 116 Å². The summed E-state index contributed by atoms with van der Waals surface area (Å²) >= 11 is 11.4. The van der Waals surface area contributed by atoms with Gasteiger partial charge >= 0.3 is 18.4 Å². The third-order valence-electron chi connectivity index (χ3n) is 8.80. The fraction of sp³-hybridized carbons (Fsp3) is 0.333. The van der Waals surface area contributed by atoms with Crippen LogP contribution in [0.15, 0.2) is 102 Å². The molecule has 52 heavy (non-hydrogen) atoms. The number of nitrogens with zero attached hydrogens (tertiary/aromatic N) is 2. The fourth-order valence-corrected chi connectivity index (χ4v) is 5.71. The largest absolute Gasteiger partial charge is 0.416 e. The number of hydrogen-bond donors (Lipinski definition) is 1. The van der Waals surface area contributed by atoms with Crippen molar-refractivity contribution in [1.82, 2.24) is 4.90 Å². The number of anilines is 1. The van der Waals surface area contributed by atoms with Crippen molar-refractivity contribution in [1.29, 1.82) is 0 Å². The van der Waals surface area contributed by atoms with Crippen LogP contribution in [0.3, 0.4) is 0 Å². The minimum absolute atomic E-state index is 0.0387. The molecular weight excluding hydrogens is 727 g/mol. The van der Waals surface area contributed by atoms with E-state index in [2.05, 4.69) is 10.3 Å². The maximum atomic E-state index is 12.9. The van der Waals surface area contributed by atoms with Gasteiger partial charge in [-0.3, -0.25) is 0 Å². The number of nitrogens with one attached hydrogen (secondary N) is 1. The van der Waals surface area contributed by atoms with Crippen molar-refractivity contribution < 1.29 is 35.9 Å². The van der Waals surface area contributed by atoms with Crippen LogP contribution in [0.5, 0.6) is 0 Å². The van der Waals surface area contributed by atoms with Crippen molar-refractivity contribution in [2.75, 3.05) is 5.32 Å². The van der Waals surface area contributed by atoms with Gasteiger partial charge in [0, 0.05) is 28.3 Å². The van der Waals surface area contributed by atoms with Crippen molar-refractivity contribution in [3.8, 4) is 0 Å². The van der Waals surface area contributed by atoms with Crippen LogP contribution < -0.4 is 5.32 Å². The molecule has 0 aromatic heterocycles. The third kappa shape index (κ3) is 13.0. The van der Waals surface area contributed by atoms with Gasteiger partial charge in [-0.1, -0.05) is 72.8 Å². The predicted octanol–water partition coefficient (Wildman–Crippen LogP) is 12.7. The molecule has 2 amide bonds. The third-order valence-corrected chi connectivity index (χ3v) is 9.30. The summed E-state index contributed by atoms with van der Waals surface area (Å²) in [4.78, 5) is 27.4. The molecule has 0 bridgehead atoms. The van der Waals surface area contributed by atoms with E-state index in [4.69, 9.17) is 23.2 Å². The van der Waals surface area contributed by atoms with E-state index in [1.165, 1.54) is 43.5 Å². The van der Waals surface area contributed by atoms with Gasteiger partial charge in [-0.15, -0.1) is 0 Å². The fourth-order valence-electron chi connectivity index (χ4n) is 5.46. The number of aliphatic imine (C=N–C) groups is 1. The normalized spacial score (nSPS) is 14.2. The zero-order valence-corrected chi connectivity index (χ0v) is 29.5. The van der Waals surface area contributed by atoms with Crippen LogP contribution in [0.1, 0.15) is 67.2 Å². The van der Waals surface area contributed by atoms with Crippen molar-refractivity contribution in [2.24, 2.45) is 10.9 Å². The van der Waals surface area contributed by atoms with E-state index in [9.17, 15) is 35.9 Å². The molecule has 276 valence electrons. The molecule has 0 unspecified atom stereocenters.